The molecule has 0 radical (unpaired) electrons. The summed E-state index contributed by atoms with van der Waals surface area (Å²) in [5.74, 6) is 0.504. The minimum Gasteiger partial charge on any atom is -0.487 e. The summed E-state index contributed by atoms with van der Waals surface area (Å²) in [6.07, 6.45) is 1.02. The molecule has 3 rings (SSSR count). The van der Waals surface area contributed by atoms with E-state index in [1.807, 2.05) is 30.3 Å². The van der Waals surface area contributed by atoms with Gasteiger partial charge in [-0.05, 0) is 17.7 Å². The number of nitro benzene ring substituents is 1. The predicted octanol–water partition coefficient (Wildman–Crippen LogP) is 2.50. The number of aliphatic hydroxyl groups excluding tert-OH is 1. The van der Waals surface area contributed by atoms with E-state index in [0.29, 0.717) is 11.4 Å². The minimum atomic E-state index is -0.675. The lowest BCUT2D eigenvalue weighted by atomic mass is 10.1. The highest BCUT2D eigenvalue weighted by Crippen LogP contribution is 2.18. The Labute approximate surface area is 143 Å². The van der Waals surface area contributed by atoms with Crippen LogP contribution in [0.4, 0.5) is 5.69 Å². The molecule has 0 saturated heterocycles. The number of hydrogen-bond donors (Lipinski definition) is 1. The lowest BCUT2D eigenvalue weighted by Crippen LogP contribution is -2.09. The Morgan fingerprint density at radius 2 is 1.88 bits per heavy atom. The average molecular weight is 340 g/mol. The second-order valence-corrected chi connectivity index (χ2v) is 5.40. The van der Waals surface area contributed by atoms with Gasteiger partial charge < -0.3 is 9.84 Å². The summed E-state index contributed by atoms with van der Waals surface area (Å²) in [6.45, 7) is 0.466. The molecule has 2 aromatic carbocycles. The van der Waals surface area contributed by atoms with E-state index in [0.717, 1.165) is 5.56 Å². The first-order chi connectivity index (χ1) is 12.1. The van der Waals surface area contributed by atoms with Crippen LogP contribution in [0, 0.1) is 10.1 Å². The number of ether oxygens (including phenoxy) is 1. The molecule has 3 aromatic rings. The number of aromatic nitrogens is 3. The van der Waals surface area contributed by atoms with Crippen molar-refractivity contribution in [3.8, 4) is 5.75 Å². The highest BCUT2D eigenvalue weighted by molar-refractivity contribution is 5.36. The van der Waals surface area contributed by atoms with Crippen molar-refractivity contribution in [3.05, 3.63) is 82.2 Å². The fraction of sp³-hybridized carbons (Fsp3) is 0.176. The molecule has 0 amide bonds. The molecule has 0 aliphatic rings. The topological polar surface area (TPSA) is 103 Å². The summed E-state index contributed by atoms with van der Waals surface area (Å²) in [5.41, 5.74) is 1.41. The molecule has 1 aromatic heterocycles. The van der Waals surface area contributed by atoms with Crippen LogP contribution in [-0.2, 0) is 13.2 Å². The first kappa shape index (κ1) is 16.6. The lowest BCUT2D eigenvalue weighted by Gasteiger charge is -2.09. The third kappa shape index (κ3) is 4.39. The van der Waals surface area contributed by atoms with Gasteiger partial charge in [-0.3, -0.25) is 10.1 Å². The molecule has 0 bridgehead atoms. The van der Waals surface area contributed by atoms with E-state index in [2.05, 4.69) is 10.3 Å². The smallest absolute Gasteiger partial charge is 0.269 e. The predicted molar refractivity (Wildman–Crippen MR) is 88.9 cm³/mol. The minimum absolute atomic E-state index is 0.00759. The van der Waals surface area contributed by atoms with Crippen molar-refractivity contribution in [2.24, 2.45) is 0 Å². The van der Waals surface area contributed by atoms with Gasteiger partial charge in [0, 0.05) is 12.1 Å². The van der Waals surface area contributed by atoms with Crippen molar-refractivity contribution in [1.29, 1.82) is 0 Å². The number of aliphatic hydroxyl groups is 1. The van der Waals surface area contributed by atoms with Crippen LogP contribution in [0.3, 0.4) is 0 Å². The molecule has 1 N–H and O–H groups in total. The fourth-order valence-electron chi connectivity index (χ4n) is 2.27. The van der Waals surface area contributed by atoms with Crippen LogP contribution in [0.5, 0.6) is 5.75 Å². The highest BCUT2D eigenvalue weighted by atomic mass is 16.6. The first-order valence-electron chi connectivity index (χ1n) is 7.61. The molecule has 8 heteroatoms. The maximum absolute atomic E-state index is 10.6. The zero-order valence-corrected chi connectivity index (χ0v) is 13.2. The van der Waals surface area contributed by atoms with Gasteiger partial charge in [0.2, 0.25) is 0 Å². The Morgan fingerprint density at radius 3 is 2.56 bits per heavy atom. The third-order valence-electron chi connectivity index (χ3n) is 3.56. The molecular formula is C17H16N4O4. The molecule has 1 atom stereocenters. The van der Waals surface area contributed by atoms with Crippen LogP contribution >= 0.6 is 0 Å². The normalized spacial score (nSPS) is 11.9. The summed E-state index contributed by atoms with van der Waals surface area (Å²) in [5, 5.41) is 28.8. The number of nitrogens with zero attached hydrogens (tertiary/aromatic N) is 4. The molecule has 1 heterocycles. The van der Waals surface area contributed by atoms with Crippen molar-refractivity contribution in [2.45, 2.75) is 19.3 Å². The van der Waals surface area contributed by atoms with Gasteiger partial charge in [0.05, 0.1) is 23.8 Å². The summed E-state index contributed by atoms with van der Waals surface area (Å²) < 4.78 is 7.08. The van der Waals surface area contributed by atoms with E-state index in [1.54, 1.807) is 10.9 Å². The number of rotatable bonds is 7. The van der Waals surface area contributed by atoms with Crippen LogP contribution in [0.25, 0.3) is 0 Å². The van der Waals surface area contributed by atoms with Gasteiger partial charge in [-0.15, -0.1) is 5.10 Å². The molecule has 1 unspecified atom stereocenters. The van der Waals surface area contributed by atoms with E-state index in [1.165, 1.54) is 24.3 Å². The van der Waals surface area contributed by atoms with Crippen molar-refractivity contribution in [1.82, 2.24) is 15.0 Å². The summed E-state index contributed by atoms with van der Waals surface area (Å²) in [4.78, 5) is 10.1. The largest absolute Gasteiger partial charge is 0.487 e. The summed E-state index contributed by atoms with van der Waals surface area (Å²) in [6, 6.07) is 15.1. The number of hydrogen-bond acceptors (Lipinski definition) is 6. The monoisotopic (exact) mass is 340 g/mol. The van der Waals surface area contributed by atoms with Gasteiger partial charge in [0.1, 0.15) is 18.1 Å². The fourth-order valence-corrected chi connectivity index (χ4v) is 2.27. The summed E-state index contributed by atoms with van der Waals surface area (Å²) in [7, 11) is 0. The van der Waals surface area contributed by atoms with Gasteiger partial charge in [-0.1, -0.05) is 35.5 Å². The van der Waals surface area contributed by atoms with Gasteiger partial charge >= 0.3 is 0 Å². The van der Waals surface area contributed by atoms with Crippen molar-refractivity contribution in [2.75, 3.05) is 0 Å². The zero-order chi connectivity index (χ0) is 17.6. The Hall–Kier alpha value is -3.26. The van der Waals surface area contributed by atoms with E-state index in [9.17, 15) is 15.2 Å². The van der Waals surface area contributed by atoms with E-state index >= 15 is 0 Å². The Morgan fingerprint density at radius 1 is 1.16 bits per heavy atom. The van der Waals surface area contributed by atoms with E-state index in [-0.39, 0.29) is 18.8 Å². The van der Waals surface area contributed by atoms with Crippen LogP contribution < -0.4 is 4.74 Å². The van der Waals surface area contributed by atoms with Crippen molar-refractivity contribution in [3.63, 3.8) is 0 Å². The van der Waals surface area contributed by atoms with Gasteiger partial charge in [-0.25, -0.2) is 4.68 Å². The van der Waals surface area contributed by atoms with Crippen LogP contribution in [0.2, 0.25) is 0 Å². The quantitative estimate of drug-likeness (QED) is 0.523. The Bertz CT molecular complexity index is 833. The van der Waals surface area contributed by atoms with Crippen LogP contribution in [-0.4, -0.2) is 25.0 Å². The van der Waals surface area contributed by atoms with Crippen LogP contribution in [0.1, 0.15) is 17.4 Å². The maximum atomic E-state index is 10.6. The molecule has 8 nitrogen and oxygen atoms in total. The van der Waals surface area contributed by atoms with Crippen molar-refractivity contribution >= 4 is 5.69 Å². The second-order valence-electron chi connectivity index (χ2n) is 5.40. The van der Waals surface area contributed by atoms with Crippen LogP contribution in [0.15, 0.2) is 60.8 Å². The Kier molecular flexibility index (Phi) is 5.00. The molecule has 0 fully saturated rings. The third-order valence-corrected chi connectivity index (χ3v) is 3.56. The highest BCUT2D eigenvalue weighted by Gasteiger charge is 2.10. The standard InChI is InChI=1S/C17H16N4O4/c22-17(13-4-2-1-3-5-13)11-20-10-14(18-19-20)12-25-16-8-6-15(7-9-16)21(23)24/h1-10,17,22H,11-12H2. The molecule has 0 saturated carbocycles. The van der Waals surface area contributed by atoms with Gasteiger partial charge in [-0.2, -0.15) is 0 Å². The first-order valence-corrected chi connectivity index (χ1v) is 7.61. The van der Waals surface area contributed by atoms with E-state index < -0.39 is 11.0 Å². The van der Waals surface area contributed by atoms with Crippen molar-refractivity contribution < 1.29 is 14.8 Å². The molecule has 0 aliphatic carbocycles. The molecular weight excluding hydrogens is 324 g/mol. The average Bonchev–Trinajstić information content (AvgIpc) is 3.08. The lowest BCUT2D eigenvalue weighted by molar-refractivity contribution is -0.384. The maximum Gasteiger partial charge on any atom is 0.269 e. The second kappa shape index (κ2) is 7.54. The van der Waals surface area contributed by atoms with Gasteiger partial charge in [0.25, 0.3) is 5.69 Å². The molecule has 25 heavy (non-hydrogen) atoms. The zero-order valence-electron chi connectivity index (χ0n) is 13.2. The Balaban J connectivity index is 1.55. The number of nitro groups is 1. The molecule has 0 spiro atoms. The van der Waals surface area contributed by atoms with Gasteiger partial charge in [0.15, 0.2) is 0 Å². The summed E-state index contributed by atoms with van der Waals surface area (Å²) >= 11 is 0. The van der Waals surface area contributed by atoms with E-state index in [4.69, 9.17) is 4.74 Å². The molecule has 128 valence electrons. The molecule has 0 aliphatic heterocycles. The number of benzene rings is 2. The number of non-ortho nitro benzene ring substituents is 1. The SMILES string of the molecule is O=[N+]([O-])c1ccc(OCc2cn(CC(O)c3ccccc3)nn2)cc1.